The zero-order valence-electron chi connectivity index (χ0n) is 15.2. The Morgan fingerprint density at radius 3 is 1.83 bits per heavy atom. The first-order chi connectivity index (χ1) is 12.9. The number of unbranched alkanes of at least 4 members (excludes halogenated alkanes) is 1. The smallest absolute Gasteiger partial charge is 0.460 e. The molecule has 15 heteroatoms. The number of aryl methyl sites for hydroxylation is 2. The van der Waals surface area contributed by atoms with E-state index in [1.807, 2.05) is 0 Å². The molecule has 0 aliphatic heterocycles. The average Bonchev–Trinajstić information content (AvgIpc) is 2.99. The van der Waals surface area contributed by atoms with Crippen molar-refractivity contribution < 1.29 is 57.1 Å². The Morgan fingerprint density at radius 2 is 1.45 bits per heavy atom. The molecule has 0 aliphatic carbocycles. The molecule has 1 rings (SSSR count). The van der Waals surface area contributed by atoms with Gasteiger partial charge >= 0.3 is 23.3 Å². The first-order valence-corrected chi connectivity index (χ1v) is 9.48. The normalized spacial score (nSPS) is 13.8. The highest BCUT2D eigenvalue weighted by Crippen LogP contribution is 2.54. The second kappa shape index (κ2) is 9.53. The predicted molar refractivity (Wildman–Crippen MR) is 80.4 cm³/mol. The molecule has 0 N–H and O–H groups in total. The summed E-state index contributed by atoms with van der Waals surface area (Å²) in [7, 11) is -7.42. The minimum Gasteiger partial charge on any atom is -0.743 e. The minimum atomic E-state index is -7.43. The summed E-state index contributed by atoms with van der Waals surface area (Å²) in [5, 5.41) is -7.11. The van der Waals surface area contributed by atoms with Gasteiger partial charge in [-0.15, -0.1) is 0 Å². The fourth-order valence-corrected chi connectivity index (χ4v) is 2.26. The van der Waals surface area contributed by atoms with Gasteiger partial charge in [0.1, 0.15) is 12.4 Å². The van der Waals surface area contributed by atoms with Gasteiger partial charge in [0.15, 0.2) is 10.1 Å². The Hall–Kier alpha value is -1.51. The third kappa shape index (κ3) is 6.23. The van der Waals surface area contributed by atoms with Crippen LogP contribution in [0.3, 0.4) is 0 Å². The van der Waals surface area contributed by atoms with Gasteiger partial charge in [-0.1, -0.05) is 20.3 Å². The van der Waals surface area contributed by atoms with Crippen LogP contribution in [0.15, 0.2) is 18.7 Å². The molecule has 0 saturated carbocycles. The van der Waals surface area contributed by atoms with Crippen LogP contribution in [0.2, 0.25) is 0 Å². The van der Waals surface area contributed by atoms with Crippen LogP contribution in [0, 0.1) is 0 Å². The summed E-state index contributed by atoms with van der Waals surface area (Å²) >= 11 is 0. The molecule has 0 bridgehead atoms. The number of imidazole rings is 1. The first kappa shape index (κ1) is 27.5. The van der Waals surface area contributed by atoms with Crippen molar-refractivity contribution in [2.45, 2.75) is 69.5 Å². The summed E-state index contributed by atoms with van der Waals surface area (Å²) in [6.07, 6.45) is 3.10. The van der Waals surface area contributed by atoms with Crippen molar-refractivity contribution in [2.24, 2.45) is 0 Å². The molecule has 0 aliphatic rings. The molecule has 5 nitrogen and oxygen atoms in total. The van der Waals surface area contributed by atoms with E-state index < -0.39 is 33.4 Å². The average molecular weight is 466 g/mol. The molecule has 0 unspecified atom stereocenters. The standard InChI is InChI=1S/C10H19N2.C4HF9O3S/c1-3-5-7-12-9-8-11(10-12)6-4-2;5-1(6,3(9,10)11)2(7,8)4(12,13)17(14,15)16/h8-10H,3-7H2,1-2H3;(H,14,15,16)/q+1;/p-1. The summed E-state index contributed by atoms with van der Waals surface area (Å²) in [5.74, 6) is -14.8. The Morgan fingerprint density at radius 1 is 0.931 bits per heavy atom. The maximum atomic E-state index is 12.2. The zero-order valence-corrected chi connectivity index (χ0v) is 16.0. The molecule has 0 fully saturated rings. The maximum Gasteiger partial charge on any atom is 0.460 e. The summed E-state index contributed by atoms with van der Waals surface area (Å²) in [6, 6.07) is 0. The van der Waals surface area contributed by atoms with Gasteiger partial charge in [0.05, 0.1) is 13.1 Å². The van der Waals surface area contributed by atoms with Gasteiger partial charge in [-0.3, -0.25) is 0 Å². The molecule has 172 valence electrons. The second-order valence-corrected chi connectivity index (χ2v) is 7.28. The third-order valence-electron chi connectivity index (χ3n) is 3.43. The van der Waals surface area contributed by atoms with Crippen LogP contribution in [0.1, 0.15) is 33.1 Å². The largest absolute Gasteiger partial charge is 0.743 e. The van der Waals surface area contributed by atoms with Crippen molar-refractivity contribution in [1.29, 1.82) is 0 Å². The number of alkyl halides is 9. The fourth-order valence-electron chi connectivity index (χ4n) is 1.82. The van der Waals surface area contributed by atoms with Crippen LogP contribution in [0.4, 0.5) is 39.5 Å². The van der Waals surface area contributed by atoms with E-state index in [9.17, 15) is 52.5 Å². The number of rotatable bonds is 8. The summed E-state index contributed by atoms with van der Waals surface area (Å²) < 4.78 is 140. The minimum absolute atomic E-state index is 1.14. The number of nitrogens with zero attached hydrogens (tertiary/aromatic N) is 2. The highest BCUT2D eigenvalue weighted by Gasteiger charge is 2.83. The van der Waals surface area contributed by atoms with Crippen LogP contribution in [0.25, 0.3) is 0 Å². The quantitative estimate of drug-likeness (QED) is 0.331. The van der Waals surface area contributed by atoms with Crippen LogP contribution < -0.4 is 4.57 Å². The molecule has 0 aromatic carbocycles. The fraction of sp³-hybridized carbons (Fsp3) is 0.786. The van der Waals surface area contributed by atoms with Crippen LogP contribution in [-0.4, -0.2) is 40.8 Å². The predicted octanol–water partition coefficient (Wildman–Crippen LogP) is 3.94. The van der Waals surface area contributed by atoms with Gasteiger partial charge in [0, 0.05) is 0 Å². The van der Waals surface area contributed by atoms with E-state index in [2.05, 4.69) is 41.7 Å². The van der Waals surface area contributed by atoms with Gasteiger partial charge in [-0.05, 0) is 12.8 Å². The monoisotopic (exact) mass is 466 g/mol. The molecule has 0 amide bonds. The Labute approximate surface area is 160 Å². The van der Waals surface area contributed by atoms with Gasteiger partial charge in [-0.2, -0.15) is 39.5 Å². The number of halogens is 9. The maximum absolute atomic E-state index is 12.2. The molecular formula is C14H19F9N2O3S. The molecule has 0 radical (unpaired) electrons. The van der Waals surface area contributed by atoms with Crippen molar-refractivity contribution >= 4 is 10.1 Å². The van der Waals surface area contributed by atoms with E-state index in [0.29, 0.717) is 0 Å². The van der Waals surface area contributed by atoms with Gasteiger partial charge < -0.3 is 4.55 Å². The van der Waals surface area contributed by atoms with Gasteiger partial charge in [0.2, 0.25) is 6.33 Å². The van der Waals surface area contributed by atoms with Gasteiger partial charge in [-0.25, -0.2) is 17.6 Å². The topological polar surface area (TPSA) is 66.0 Å². The Kier molecular flexibility index (Phi) is 9.04. The molecule has 0 saturated heterocycles. The van der Waals surface area contributed by atoms with Crippen molar-refractivity contribution in [2.75, 3.05) is 0 Å². The molecular weight excluding hydrogens is 447 g/mol. The Balaban J connectivity index is 0.000000571. The van der Waals surface area contributed by atoms with E-state index in [0.717, 1.165) is 13.1 Å². The molecule has 0 spiro atoms. The molecule has 1 aromatic rings. The summed E-state index contributed by atoms with van der Waals surface area (Å²) in [5.41, 5.74) is 0. The number of hydrogen-bond donors (Lipinski definition) is 0. The summed E-state index contributed by atoms with van der Waals surface area (Å²) in [6.45, 7) is 6.73. The number of hydrogen-bond acceptors (Lipinski definition) is 3. The van der Waals surface area contributed by atoms with Crippen LogP contribution >= 0.6 is 0 Å². The lowest BCUT2D eigenvalue weighted by atomic mass is 10.1. The van der Waals surface area contributed by atoms with E-state index in [-0.39, 0.29) is 0 Å². The van der Waals surface area contributed by atoms with Crippen LogP contribution in [-0.2, 0) is 23.2 Å². The van der Waals surface area contributed by atoms with E-state index in [1.165, 1.54) is 19.3 Å². The van der Waals surface area contributed by atoms with E-state index >= 15 is 0 Å². The third-order valence-corrected chi connectivity index (χ3v) is 4.31. The zero-order chi connectivity index (χ0) is 23.3. The lowest BCUT2D eigenvalue weighted by Gasteiger charge is -2.34. The lowest BCUT2D eigenvalue weighted by Crippen LogP contribution is -2.63. The van der Waals surface area contributed by atoms with E-state index in [4.69, 9.17) is 0 Å². The lowest BCUT2D eigenvalue weighted by molar-refractivity contribution is -0.696. The highest BCUT2D eigenvalue weighted by molar-refractivity contribution is 7.86. The second-order valence-electron chi connectivity index (χ2n) is 5.86. The van der Waals surface area contributed by atoms with Gasteiger partial charge in [0.25, 0.3) is 0 Å². The SMILES string of the molecule is CCCCn1cc[n+](CCC)c1.O=S(=O)([O-])C(F)(F)C(F)(F)C(F)(F)C(F)(F)F. The number of aromatic nitrogens is 2. The molecule has 1 aromatic heterocycles. The highest BCUT2D eigenvalue weighted by atomic mass is 32.2. The summed E-state index contributed by atoms with van der Waals surface area (Å²) in [4.78, 5) is 0. The van der Waals surface area contributed by atoms with Crippen molar-refractivity contribution in [3.05, 3.63) is 18.7 Å². The van der Waals surface area contributed by atoms with Crippen molar-refractivity contribution in [3.8, 4) is 0 Å². The first-order valence-electron chi connectivity index (χ1n) is 8.07. The Bertz CT molecular complexity index is 746. The molecule has 1 heterocycles. The molecule has 0 atom stereocenters. The van der Waals surface area contributed by atoms with Crippen molar-refractivity contribution in [1.82, 2.24) is 4.57 Å². The molecule has 29 heavy (non-hydrogen) atoms. The van der Waals surface area contributed by atoms with Crippen LogP contribution in [0.5, 0.6) is 0 Å². The van der Waals surface area contributed by atoms with Crippen molar-refractivity contribution in [3.63, 3.8) is 0 Å². The van der Waals surface area contributed by atoms with E-state index in [1.54, 1.807) is 0 Å².